The van der Waals surface area contributed by atoms with E-state index in [-0.39, 0.29) is 0 Å². The van der Waals surface area contributed by atoms with Gasteiger partial charge >= 0.3 is 0 Å². The largest absolute Gasteiger partial charge is 0.493 e. The van der Waals surface area contributed by atoms with Crippen molar-refractivity contribution in [3.05, 3.63) is 48.3 Å². The van der Waals surface area contributed by atoms with Crippen LogP contribution in [0.25, 0.3) is 0 Å². The summed E-state index contributed by atoms with van der Waals surface area (Å²) < 4.78 is 5.66. The standard InChI is InChI=1S/C16H21N3O/c1-3-8-20-16-10-14(17)9-15(11-16)19(2)12-13-4-6-18-7-5-13/h4-7,9-11H,3,8,12,17H2,1-2H3. The third-order valence-corrected chi connectivity index (χ3v) is 3.00. The highest BCUT2D eigenvalue weighted by atomic mass is 16.5. The Morgan fingerprint density at radius 1 is 1.20 bits per heavy atom. The van der Waals surface area contributed by atoms with Gasteiger partial charge in [-0.05, 0) is 30.2 Å². The van der Waals surface area contributed by atoms with Crippen LogP contribution in [0.5, 0.6) is 5.75 Å². The quantitative estimate of drug-likeness (QED) is 0.820. The van der Waals surface area contributed by atoms with Crippen molar-refractivity contribution in [2.75, 3.05) is 24.3 Å². The number of hydrogen-bond acceptors (Lipinski definition) is 4. The summed E-state index contributed by atoms with van der Waals surface area (Å²) in [4.78, 5) is 6.17. The maximum Gasteiger partial charge on any atom is 0.123 e. The van der Waals surface area contributed by atoms with Crippen molar-refractivity contribution in [1.29, 1.82) is 0 Å². The molecule has 4 nitrogen and oxygen atoms in total. The van der Waals surface area contributed by atoms with Crippen LogP contribution in [-0.4, -0.2) is 18.6 Å². The van der Waals surface area contributed by atoms with Gasteiger partial charge in [0.1, 0.15) is 5.75 Å². The lowest BCUT2D eigenvalue weighted by Gasteiger charge is -2.21. The Labute approximate surface area is 120 Å². The van der Waals surface area contributed by atoms with Crippen LogP contribution in [0.1, 0.15) is 18.9 Å². The van der Waals surface area contributed by atoms with E-state index < -0.39 is 0 Å². The van der Waals surface area contributed by atoms with Crippen LogP contribution < -0.4 is 15.4 Å². The predicted molar refractivity (Wildman–Crippen MR) is 83.0 cm³/mol. The minimum atomic E-state index is 0.705. The number of nitrogens with zero attached hydrogens (tertiary/aromatic N) is 2. The summed E-state index contributed by atoms with van der Waals surface area (Å²) in [6.45, 7) is 3.60. The van der Waals surface area contributed by atoms with E-state index in [1.807, 2.05) is 37.4 Å². The van der Waals surface area contributed by atoms with E-state index in [2.05, 4.69) is 16.8 Å². The molecular formula is C16H21N3O. The molecule has 0 saturated heterocycles. The minimum Gasteiger partial charge on any atom is -0.493 e. The fourth-order valence-electron chi connectivity index (χ4n) is 1.98. The van der Waals surface area contributed by atoms with Crippen molar-refractivity contribution in [1.82, 2.24) is 4.98 Å². The monoisotopic (exact) mass is 271 g/mol. The van der Waals surface area contributed by atoms with Crippen molar-refractivity contribution >= 4 is 11.4 Å². The Bertz CT molecular complexity index is 543. The second-order valence-corrected chi connectivity index (χ2v) is 4.82. The second-order valence-electron chi connectivity index (χ2n) is 4.82. The molecule has 0 aliphatic heterocycles. The van der Waals surface area contributed by atoms with Gasteiger partial charge in [-0.1, -0.05) is 6.92 Å². The zero-order valence-electron chi connectivity index (χ0n) is 12.0. The molecule has 0 saturated carbocycles. The number of ether oxygens (including phenoxy) is 1. The number of anilines is 2. The molecule has 0 aliphatic rings. The summed E-state index contributed by atoms with van der Waals surface area (Å²) in [7, 11) is 2.04. The van der Waals surface area contributed by atoms with Gasteiger partial charge in [-0.15, -0.1) is 0 Å². The highest BCUT2D eigenvalue weighted by Crippen LogP contribution is 2.26. The summed E-state index contributed by atoms with van der Waals surface area (Å²) >= 11 is 0. The van der Waals surface area contributed by atoms with E-state index in [9.17, 15) is 0 Å². The van der Waals surface area contributed by atoms with Gasteiger partial charge in [-0.25, -0.2) is 0 Å². The third-order valence-electron chi connectivity index (χ3n) is 3.00. The molecule has 106 valence electrons. The first kappa shape index (κ1) is 14.2. The Hall–Kier alpha value is -2.23. The number of benzene rings is 1. The summed E-state index contributed by atoms with van der Waals surface area (Å²) in [5.41, 5.74) is 8.92. The SMILES string of the molecule is CCCOc1cc(N)cc(N(C)Cc2ccncc2)c1. The van der Waals surface area contributed by atoms with E-state index in [1.165, 1.54) is 5.56 Å². The molecule has 2 rings (SSSR count). The molecule has 20 heavy (non-hydrogen) atoms. The van der Waals surface area contributed by atoms with E-state index in [4.69, 9.17) is 10.5 Å². The average molecular weight is 271 g/mol. The van der Waals surface area contributed by atoms with Gasteiger partial charge in [0.25, 0.3) is 0 Å². The van der Waals surface area contributed by atoms with Crippen LogP contribution in [-0.2, 0) is 6.54 Å². The third kappa shape index (κ3) is 3.88. The Balaban J connectivity index is 2.12. The Kier molecular flexibility index (Phi) is 4.82. The lowest BCUT2D eigenvalue weighted by molar-refractivity contribution is 0.317. The molecule has 0 amide bonds. The fraction of sp³-hybridized carbons (Fsp3) is 0.312. The summed E-state index contributed by atoms with van der Waals surface area (Å²) in [5, 5.41) is 0. The van der Waals surface area contributed by atoms with Crippen molar-refractivity contribution in [3.8, 4) is 5.75 Å². The molecule has 0 spiro atoms. The highest BCUT2D eigenvalue weighted by molar-refractivity contribution is 5.60. The molecule has 0 bridgehead atoms. The maximum absolute atomic E-state index is 5.95. The molecule has 1 aromatic carbocycles. The predicted octanol–water partition coefficient (Wildman–Crippen LogP) is 3.09. The van der Waals surface area contributed by atoms with Crippen LogP contribution in [0.2, 0.25) is 0 Å². The summed E-state index contributed by atoms with van der Waals surface area (Å²) in [6.07, 6.45) is 4.59. The number of pyridine rings is 1. The van der Waals surface area contributed by atoms with Gasteiger partial charge in [-0.3, -0.25) is 4.98 Å². The van der Waals surface area contributed by atoms with E-state index in [0.29, 0.717) is 6.61 Å². The fourth-order valence-corrected chi connectivity index (χ4v) is 1.98. The molecule has 1 heterocycles. The smallest absolute Gasteiger partial charge is 0.123 e. The highest BCUT2D eigenvalue weighted by Gasteiger charge is 2.06. The van der Waals surface area contributed by atoms with Gasteiger partial charge in [0.05, 0.1) is 6.61 Å². The Morgan fingerprint density at radius 2 is 1.95 bits per heavy atom. The molecule has 2 aromatic rings. The lowest BCUT2D eigenvalue weighted by atomic mass is 10.2. The van der Waals surface area contributed by atoms with Gasteiger partial charge < -0.3 is 15.4 Å². The average Bonchev–Trinajstić information content (AvgIpc) is 2.45. The number of nitrogens with two attached hydrogens (primary N) is 1. The zero-order valence-corrected chi connectivity index (χ0v) is 12.0. The summed E-state index contributed by atoms with van der Waals surface area (Å²) in [5.74, 6) is 0.823. The molecule has 0 radical (unpaired) electrons. The molecule has 0 unspecified atom stereocenters. The van der Waals surface area contributed by atoms with Crippen molar-refractivity contribution in [2.45, 2.75) is 19.9 Å². The normalized spacial score (nSPS) is 10.3. The molecule has 1 aromatic heterocycles. The number of aromatic nitrogens is 1. The second kappa shape index (κ2) is 6.80. The van der Waals surface area contributed by atoms with E-state index >= 15 is 0 Å². The first-order valence-corrected chi connectivity index (χ1v) is 6.82. The van der Waals surface area contributed by atoms with Crippen LogP contribution in [0.4, 0.5) is 11.4 Å². The summed E-state index contributed by atoms with van der Waals surface area (Å²) in [6, 6.07) is 9.86. The number of nitrogen functional groups attached to an aromatic ring is 1. The van der Waals surface area contributed by atoms with Crippen molar-refractivity contribution in [2.24, 2.45) is 0 Å². The molecule has 4 heteroatoms. The van der Waals surface area contributed by atoms with Gasteiger partial charge in [0, 0.05) is 49.5 Å². The van der Waals surface area contributed by atoms with Crippen LogP contribution in [0, 0.1) is 0 Å². The van der Waals surface area contributed by atoms with Gasteiger partial charge in [0.2, 0.25) is 0 Å². The van der Waals surface area contributed by atoms with E-state index in [0.717, 1.165) is 30.1 Å². The topological polar surface area (TPSA) is 51.4 Å². The van der Waals surface area contributed by atoms with Crippen LogP contribution >= 0.6 is 0 Å². The lowest BCUT2D eigenvalue weighted by Crippen LogP contribution is -2.16. The number of rotatable bonds is 6. The maximum atomic E-state index is 5.95. The van der Waals surface area contributed by atoms with Gasteiger partial charge in [-0.2, -0.15) is 0 Å². The van der Waals surface area contributed by atoms with Crippen molar-refractivity contribution < 1.29 is 4.74 Å². The molecule has 0 fully saturated rings. The Morgan fingerprint density at radius 3 is 2.65 bits per heavy atom. The molecule has 0 atom stereocenters. The van der Waals surface area contributed by atoms with Crippen molar-refractivity contribution in [3.63, 3.8) is 0 Å². The number of hydrogen-bond donors (Lipinski definition) is 1. The van der Waals surface area contributed by atoms with Crippen LogP contribution in [0.3, 0.4) is 0 Å². The first-order valence-electron chi connectivity index (χ1n) is 6.82. The van der Waals surface area contributed by atoms with E-state index in [1.54, 1.807) is 12.4 Å². The molecular weight excluding hydrogens is 250 g/mol. The zero-order chi connectivity index (χ0) is 14.4. The molecule has 2 N–H and O–H groups in total. The van der Waals surface area contributed by atoms with Crippen LogP contribution in [0.15, 0.2) is 42.7 Å². The molecule has 0 aliphatic carbocycles. The first-order chi connectivity index (χ1) is 9.69. The van der Waals surface area contributed by atoms with Gasteiger partial charge in [0.15, 0.2) is 0 Å². The minimum absolute atomic E-state index is 0.705.